The molecule has 0 aliphatic rings. The van der Waals surface area contributed by atoms with Gasteiger partial charge in [-0.3, -0.25) is 0 Å². The second-order valence-corrected chi connectivity index (χ2v) is 2.54. The molecule has 0 spiro atoms. The molecule has 0 aliphatic heterocycles. The molecule has 0 aromatic rings. The van der Waals surface area contributed by atoms with E-state index < -0.39 is 8.15 Å². The van der Waals surface area contributed by atoms with Gasteiger partial charge in [0.05, 0.1) is 0 Å². The highest BCUT2D eigenvalue weighted by molar-refractivity contribution is 7.49. The molecule has 0 amide bonds. The summed E-state index contributed by atoms with van der Waals surface area (Å²) in [5.41, 5.74) is 0. The molecule has 6 heavy (non-hydrogen) atoms. The molecule has 0 atom stereocenters. The predicted molar refractivity (Wildman–Crippen MR) is 27.7 cm³/mol. The van der Waals surface area contributed by atoms with Crippen molar-refractivity contribution in [1.29, 1.82) is 5.26 Å². The SMILES string of the molecule is C#N.CP(C)O. The molecule has 0 aromatic carbocycles. The van der Waals surface area contributed by atoms with Crippen molar-refractivity contribution in [2.24, 2.45) is 0 Å². The second kappa shape index (κ2) is 8.86. The van der Waals surface area contributed by atoms with E-state index in [1.165, 1.54) is 0 Å². The summed E-state index contributed by atoms with van der Waals surface area (Å²) < 4.78 is 0. The standard InChI is InChI=1S/C2H7OP.CHN/c1-4(2)3;1-2/h3H,1-2H3;1H. The van der Waals surface area contributed by atoms with Crippen molar-refractivity contribution >= 4 is 8.15 Å². The van der Waals surface area contributed by atoms with Gasteiger partial charge in [-0.25, -0.2) is 5.26 Å². The Hall–Kier alpha value is -0.120. The van der Waals surface area contributed by atoms with Gasteiger partial charge in [0, 0.05) is 14.7 Å². The van der Waals surface area contributed by atoms with Crippen LogP contribution in [-0.4, -0.2) is 18.2 Å². The van der Waals surface area contributed by atoms with E-state index in [0.717, 1.165) is 0 Å². The first-order chi connectivity index (χ1) is 2.73. The Balaban J connectivity index is 0. The van der Waals surface area contributed by atoms with E-state index in [9.17, 15) is 0 Å². The zero-order valence-electron chi connectivity index (χ0n) is 3.92. The lowest BCUT2D eigenvalue weighted by Crippen LogP contribution is -1.50. The Bertz CT molecular complexity index is 32.3. The lowest BCUT2D eigenvalue weighted by atomic mass is 11.9. The van der Waals surface area contributed by atoms with Crippen LogP contribution in [0, 0.1) is 11.8 Å². The molecule has 0 heterocycles. The Morgan fingerprint density at radius 2 is 1.50 bits per heavy atom. The Labute approximate surface area is 39.2 Å². The lowest BCUT2D eigenvalue weighted by molar-refractivity contribution is 0.637. The quantitative estimate of drug-likeness (QED) is 0.462. The summed E-state index contributed by atoms with van der Waals surface area (Å²) in [4.78, 5) is 8.12. The van der Waals surface area contributed by atoms with Gasteiger partial charge >= 0.3 is 0 Å². The van der Waals surface area contributed by atoms with Crippen LogP contribution in [-0.2, 0) is 0 Å². The molecule has 36 valence electrons. The number of hydrogen-bond donors (Lipinski definition) is 1. The molecule has 2 nitrogen and oxygen atoms in total. The topological polar surface area (TPSA) is 44.0 Å². The number of nitriles is 1. The molecular weight excluding hydrogens is 97.0 g/mol. The highest BCUT2D eigenvalue weighted by Gasteiger charge is 1.68. The van der Waals surface area contributed by atoms with Crippen LogP contribution in [0.3, 0.4) is 0 Å². The van der Waals surface area contributed by atoms with Gasteiger partial charge in [-0.15, -0.1) is 0 Å². The highest BCUT2D eigenvalue weighted by atomic mass is 31.1. The highest BCUT2D eigenvalue weighted by Crippen LogP contribution is 2.13. The first-order valence-electron chi connectivity index (χ1n) is 1.35. The molecule has 0 fully saturated rings. The summed E-state index contributed by atoms with van der Waals surface area (Å²) in [6.07, 6.45) is 0. The molecule has 0 saturated carbocycles. The van der Waals surface area contributed by atoms with Crippen LogP contribution in [0.1, 0.15) is 0 Å². The third-order valence-corrected chi connectivity index (χ3v) is 0. The Morgan fingerprint density at radius 1 is 1.50 bits per heavy atom. The van der Waals surface area contributed by atoms with Gasteiger partial charge in [0.1, 0.15) is 0 Å². The molecule has 0 aromatic heterocycles. The molecule has 0 radical (unpaired) electrons. The second-order valence-electron chi connectivity index (χ2n) is 0.847. The summed E-state index contributed by atoms with van der Waals surface area (Å²) in [5.74, 6) is 0. The maximum Gasteiger partial charge on any atom is 0.0462 e. The number of rotatable bonds is 0. The van der Waals surface area contributed by atoms with E-state index in [0.29, 0.717) is 0 Å². The summed E-state index contributed by atoms with van der Waals surface area (Å²) in [6.45, 7) is 7.07. The van der Waals surface area contributed by atoms with Gasteiger partial charge in [0.25, 0.3) is 0 Å². The fourth-order valence-corrected chi connectivity index (χ4v) is 0. The first-order valence-corrected chi connectivity index (χ1v) is 3.54. The van der Waals surface area contributed by atoms with Gasteiger partial charge in [0.15, 0.2) is 0 Å². The fraction of sp³-hybridized carbons (Fsp3) is 0.667. The summed E-state index contributed by atoms with van der Waals surface area (Å²) in [6, 6.07) is 0. The van der Waals surface area contributed by atoms with Crippen LogP contribution >= 0.6 is 8.15 Å². The van der Waals surface area contributed by atoms with Crippen LogP contribution < -0.4 is 0 Å². The minimum atomic E-state index is -0.620. The van der Waals surface area contributed by atoms with Crippen molar-refractivity contribution < 1.29 is 4.89 Å². The molecule has 0 bridgehead atoms. The van der Waals surface area contributed by atoms with Gasteiger partial charge in [-0.1, -0.05) is 0 Å². The van der Waals surface area contributed by atoms with Gasteiger partial charge in [0.2, 0.25) is 0 Å². The van der Waals surface area contributed by atoms with E-state index in [1.807, 2.05) is 0 Å². The van der Waals surface area contributed by atoms with Gasteiger partial charge in [-0.05, 0) is 13.3 Å². The largest absolute Gasteiger partial charge is 0.374 e. The maximum absolute atomic E-state index is 8.12. The predicted octanol–water partition coefficient (Wildman–Crippen LogP) is 0.775. The van der Waals surface area contributed by atoms with E-state index in [2.05, 4.69) is 6.57 Å². The van der Waals surface area contributed by atoms with Crippen LogP contribution in [0.25, 0.3) is 0 Å². The molecule has 1 N–H and O–H groups in total. The monoisotopic (exact) mass is 105 g/mol. The van der Waals surface area contributed by atoms with E-state index in [-0.39, 0.29) is 0 Å². The maximum atomic E-state index is 8.12. The zero-order valence-corrected chi connectivity index (χ0v) is 4.81. The fourth-order valence-electron chi connectivity index (χ4n) is 0. The van der Waals surface area contributed by atoms with Crippen molar-refractivity contribution in [3.63, 3.8) is 0 Å². The third-order valence-electron chi connectivity index (χ3n) is 0. The van der Waals surface area contributed by atoms with Crippen molar-refractivity contribution in [2.45, 2.75) is 0 Å². The first kappa shape index (κ1) is 9.30. The normalized spacial score (nSPS) is 6.33. The summed E-state index contributed by atoms with van der Waals surface area (Å²) >= 11 is 0. The van der Waals surface area contributed by atoms with E-state index in [1.54, 1.807) is 13.3 Å². The van der Waals surface area contributed by atoms with Crippen molar-refractivity contribution in [3.8, 4) is 6.57 Å². The number of nitrogens with zero attached hydrogens (tertiary/aromatic N) is 1. The minimum absolute atomic E-state index is 0.620. The Morgan fingerprint density at radius 3 is 1.50 bits per heavy atom. The van der Waals surface area contributed by atoms with E-state index in [4.69, 9.17) is 10.2 Å². The molecule has 0 unspecified atom stereocenters. The summed E-state index contributed by atoms with van der Waals surface area (Å²) in [7, 11) is -0.620. The van der Waals surface area contributed by atoms with Crippen molar-refractivity contribution in [1.82, 2.24) is 0 Å². The summed E-state index contributed by atoms with van der Waals surface area (Å²) in [5, 5.41) is 6.50. The molecular formula is C3H8NOP. The van der Waals surface area contributed by atoms with Gasteiger partial charge < -0.3 is 4.89 Å². The van der Waals surface area contributed by atoms with Crippen molar-refractivity contribution in [3.05, 3.63) is 0 Å². The number of hydrogen-bond acceptors (Lipinski definition) is 2. The van der Waals surface area contributed by atoms with Crippen molar-refractivity contribution in [2.75, 3.05) is 13.3 Å². The zero-order chi connectivity index (χ0) is 5.58. The average Bonchev–Trinajstić information content (AvgIpc) is 1.41. The lowest BCUT2D eigenvalue weighted by Gasteiger charge is -1.80. The molecule has 0 aliphatic carbocycles. The van der Waals surface area contributed by atoms with Crippen LogP contribution in [0.15, 0.2) is 0 Å². The Kier molecular flexibility index (Phi) is 13.7. The van der Waals surface area contributed by atoms with Crippen LogP contribution in [0.4, 0.5) is 0 Å². The van der Waals surface area contributed by atoms with Crippen LogP contribution in [0.5, 0.6) is 0 Å². The minimum Gasteiger partial charge on any atom is -0.374 e. The van der Waals surface area contributed by atoms with Gasteiger partial charge in [-0.2, -0.15) is 0 Å². The van der Waals surface area contributed by atoms with E-state index >= 15 is 0 Å². The molecule has 0 saturated heterocycles. The third kappa shape index (κ3) is 2230. The average molecular weight is 105 g/mol. The smallest absolute Gasteiger partial charge is 0.0462 e. The van der Waals surface area contributed by atoms with Crippen LogP contribution in [0.2, 0.25) is 0 Å². The molecule has 3 heteroatoms. The molecule has 0 rings (SSSR count).